The molecule has 0 aliphatic rings. The first kappa shape index (κ1) is 11.2. The van der Waals surface area contributed by atoms with Crippen LogP contribution in [0, 0.1) is 6.92 Å². The molecule has 0 aliphatic carbocycles. The van der Waals surface area contributed by atoms with E-state index in [9.17, 15) is 0 Å². The predicted octanol–water partition coefficient (Wildman–Crippen LogP) is 1.97. The molecular weight excluding hydrogens is 174 g/mol. The quantitative estimate of drug-likeness (QED) is 0.778. The van der Waals surface area contributed by atoms with Crippen LogP contribution in [0.25, 0.3) is 0 Å². The molecule has 1 aromatic heterocycles. The Kier molecular flexibility index (Phi) is 3.69. The highest BCUT2D eigenvalue weighted by Crippen LogP contribution is 2.06. The van der Waals surface area contributed by atoms with Crippen LogP contribution in [0.4, 0.5) is 0 Å². The van der Waals surface area contributed by atoms with Crippen LogP contribution in [-0.2, 0) is 6.54 Å². The van der Waals surface area contributed by atoms with Crippen molar-refractivity contribution in [2.75, 3.05) is 6.54 Å². The Morgan fingerprint density at radius 2 is 2.21 bits per heavy atom. The maximum Gasteiger partial charge on any atom is 0.0537 e. The molecule has 1 N–H and O–H groups in total. The monoisotopic (exact) mass is 195 g/mol. The number of rotatable bonds is 5. The molecule has 1 heterocycles. The molecule has 0 aromatic carbocycles. The van der Waals surface area contributed by atoms with Crippen LogP contribution in [0.2, 0.25) is 0 Å². The minimum Gasteiger partial charge on any atom is -0.310 e. The standard InChI is InChI=1S/C11H21N3/c1-5-11(3,4)12-8-9-14-10(2)6-7-13-14/h6-7,12H,5,8-9H2,1-4H3. The van der Waals surface area contributed by atoms with Crippen molar-refractivity contribution in [2.24, 2.45) is 0 Å². The Labute approximate surface area is 86.5 Å². The minimum atomic E-state index is 0.237. The first-order valence-corrected chi connectivity index (χ1v) is 5.28. The minimum absolute atomic E-state index is 0.237. The van der Waals surface area contributed by atoms with E-state index >= 15 is 0 Å². The van der Waals surface area contributed by atoms with Crippen LogP contribution < -0.4 is 5.32 Å². The zero-order valence-electron chi connectivity index (χ0n) is 9.67. The Balaban J connectivity index is 2.32. The van der Waals surface area contributed by atoms with Gasteiger partial charge in [-0.2, -0.15) is 5.10 Å². The lowest BCUT2D eigenvalue weighted by Gasteiger charge is -2.24. The fraction of sp³-hybridized carbons (Fsp3) is 0.727. The fourth-order valence-electron chi connectivity index (χ4n) is 1.26. The lowest BCUT2D eigenvalue weighted by molar-refractivity contribution is 0.362. The summed E-state index contributed by atoms with van der Waals surface area (Å²) in [5, 5.41) is 7.75. The lowest BCUT2D eigenvalue weighted by atomic mass is 10.0. The fourth-order valence-corrected chi connectivity index (χ4v) is 1.26. The first-order chi connectivity index (χ1) is 6.55. The Morgan fingerprint density at radius 3 is 2.71 bits per heavy atom. The van der Waals surface area contributed by atoms with Gasteiger partial charge in [-0.3, -0.25) is 4.68 Å². The van der Waals surface area contributed by atoms with Gasteiger partial charge in [-0.1, -0.05) is 6.92 Å². The van der Waals surface area contributed by atoms with Gasteiger partial charge in [-0.05, 0) is 33.3 Å². The van der Waals surface area contributed by atoms with Crippen LogP contribution in [0.3, 0.4) is 0 Å². The van der Waals surface area contributed by atoms with Gasteiger partial charge >= 0.3 is 0 Å². The van der Waals surface area contributed by atoms with Crippen LogP contribution in [0.1, 0.15) is 32.9 Å². The van der Waals surface area contributed by atoms with E-state index in [1.54, 1.807) is 0 Å². The van der Waals surface area contributed by atoms with Gasteiger partial charge < -0.3 is 5.32 Å². The summed E-state index contributed by atoms with van der Waals surface area (Å²) in [6, 6.07) is 2.03. The summed E-state index contributed by atoms with van der Waals surface area (Å²) in [6.07, 6.45) is 2.99. The van der Waals surface area contributed by atoms with E-state index in [-0.39, 0.29) is 5.54 Å². The number of nitrogens with one attached hydrogen (secondary N) is 1. The molecule has 80 valence electrons. The lowest BCUT2D eigenvalue weighted by Crippen LogP contribution is -2.40. The molecule has 3 nitrogen and oxygen atoms in total. The summed E-state index contributed by atoms with van der Waals surface area (Å²) in [5.74, 6) is 0. The van der Waals surface area contributed by atoms with Gasteiger partial charge in [0.2, 0.25) is 0 Å². The first-order valence-electron chi connectivity index (χ1n) is 5.28. The maximum absolute atomic E-state index is 4.24. The van der Waals surface area contributed by atoms with E-state index in [0.717, 1.165) is 19.5 Å². The summed E-state index contributed by atoms with van der Waals surface area (Å²) in [4.78, 5) is 0. The van der Waals surface area contributed by atoms with Crippen LogP contribution in [0.15, 0.2) is 12.3 Å². The van der Waals surface area contributed by atoms with Crippen molar-refractivity contribution < 1.29 is 0 Å². The third-order valence-corrected chi connectivity index (χ3v) is 2.74. The molecule has 14 heavy (non-hydrogen) atoms. The van der Waals surface area contributed by atoms with Gasteiger partial charge in [-0.15, -0.1) is 0 Å². The van der Waals surface area contributed by atoms with E-state index in [1.165, 1.54) is 5.69 Å². The largest absolute Gasteiger partial charge is 0.310 e. The van der Waals surface area contributed by atoms with Crippen molar-refractivity contribution in [1.29, 1.82) is 0 Å². The average Bonchev–Trinajstić information content (AvgIpc) is 2.52. The summed E-state index contributed by atoms with van der Waals surface area (Å²) in [6.45, 7) is 10.7. The molecule has 0 radical (unpaired) electrons. The second kappa shape index (κ2) is 4.60. The van der Waals surface area contributed by atoms with Crippen molar-refractivity contribution in [1.82, 2.24) is 15.1 Å². The number of hydrogen-bond donors (Lipinski definition) is 1. The van der Waals surface area contributed by atoms with Gasteiger partial charge in [-0.25, -0.2) is 0 Å². The van der Waals surface area contributed by atoms with E-state index in [0.29, 0.717) is 0 Å². The number of aromatic nitrogens is 2. The van der Waals surface area contributed by atoms with Crippen LogP contribution in [0.5, 0.6) is 0 Å². The number of nitrogens with zero attached hydrogens (tertiary/aromatic N) is 2. The highest BCUT2D eigenvalue weighted by atomic mass is 15.3. The normalized spacial score (nSPS) is 12.0. The van der Waals surface area contributed by atoms with Crippen molar-refractivity contribution in [3.8, 4) is 0 Å². The van der Waals surface area contributed by atoms with E-state index in [1.807, 2.05) is 16.9 Å². The zero-order valence-corrected chi connectivity index (χ0v) is 9.67. The molecule has 0 bridgehead atoms. The second-order valence-corrected chi connectivity index (χ2v) is 4.36. The summed E-state index contributed by atoms with van der Waals surface area (Å²) in [5.41, 5.74) is 1.46. The summed E-state index contributed by atoms with van der Waals surface area (Å²) in [7, 11) is 0. The topological polar surface area (TPSA) is 29.9 Å². The molecule has 0 aliphatic heterocycles. The van der Waals surface area contributed by atoms with Gasteiger partial charge in [0, 0.05) is 24.0 Å². The van der Waals surface area contributed by atoms with Gasteiger partial charge in [0.05, 0.1) is 6.54 Å². The molecule has 0 spiro atoms. The third kappa shape index (κ3) is 3.14. The van der Waals surface area contributed by atoms with Crippen molar-refractivity contribution in [2.45, 2.75) is 46.2 Å². The van der Waals surface area contributed by atoms with E-state index < -0.39 is 0 Å². The Bertz CT molecular complexity index is 276. The molecule has 1 rings (SSSR count). The summed E-state index contributed by atoms with van der Waals surface area (Å²) < 4.78 is 2.03. The SMILES string of the molecule is CCC(C)(C)NCCn1nccc1C. The van der Waals surface area contributed by atoms with Gasteiger partial charge in [0.25, 0.3) is 0 Å². The molecular formula is C11H21N3. The molecule has 0 saturated heterocycles. The summed E-state index contributed by atoms with van der Waals surface area (Å²) >= 11 is 0. The van der Waals surface area contributed by atoms with Crippen LogP contribution in [-0.4, -0.2) is 21.9 Å². The van der Waals surface area contributed by atoms with Crippen molar-refractivity contribution in [3.05, 3.63) is 18.0 Å². The molecule has 0 atom stereocenters. The highest BCUT2D eigenvalue weighted by molar-refractivity contribution is 4.96. The van der Waals surface area contributed by atoms with Gasteiger partial charge in [0.1, 0.15) is 0 Å². The third-order valence-electron chi connectivity index (χ3n) is 2.74. The molecule has 0 amide bonds. The zero-order chi connectivity index (χ0) is 10.6. The molecule has 1 aromatic rings. The molecule has 0 fully saturated rings. The number of hydrogen-bond acceptors (Lipinski definition) is 2. The van der Waals surface area contributed by atoms with Crippen LogP contribution >= 0.6 is 0 Å². The van der Waals surface area contributed by atoms with Gasteiger partial charge in [0.15, 0.2) is 0 Å². The van der Waals surface area contributed by atoms with Crippen molar-refractivity contribution >= 4 is 0 Å². The Hall–Kier alpha value is -0.830. The predicted molar refractivity (Wildman–Crippen MR) is 59.3 cm³/mol. The van der Waals surface area contributed by atoms with E-state index in [4.69, 9.17) is 0 Å². The van der Waals surface area contributed by atoms with E-state index in [2.05, 4.69) is 38.1 Å². The average molecular weight is 195 g/mol. The molecule has 0 unspecified atom stereocenters. The second-order valence-electron chi connectivity index (χ2n) is 4.36. The van der Waals surface area contributed by atoms with Crippen molar-refractivity contribution in [3.63, 3.8) is 0 Å². The smallest absolute Gasteiger partial charge is 0.0537 e. The molecule has 3 heteroatoms. The Morgan fingerprint density at radius 1 is 1.50 bits per heavy atom. The maximum atomic E-state index is 4.24. The highest BCUT2D eigenvalue weighted by Gasteiger charge is 2.12. The molecule has 0 saturated carbocycles. The number of aryl methyl sites for hydroxylation is 1.